The molecule has 0 amide bonds. The van der Waals surface area contributed by atoms with Crippen LogP contribution in [0.1, 0.15) is 6.42 Å². The second-order valence-electron chi connectivity index (χ2n) is 5.42. The van der Waals surface area contributed by atoms with Crippen LogP contribution in [0.4, 0.5) is 0 Å². The number of nitrogens with one attached hydrogen (secondary N) is 1. The zero-order valence-electron chi connectivity index (χ0n) is 13.3. The molecule has 0 bridgehead atoms. The summed E-state index contributed by atoms with van der Waals surface area (Å²) in [6.45, 7) is -0.635. The zero-order valence-corrected chi connectivity index (χ0v) is 13.3. The summed E-state index contributed by atoms with van der Waals surface area (Å²) in [7, 11) is 4.37. The maximum atomic E-state index is 12.0. The number of carbonyl (C=O) groups is 3. The van der Waals surface area contributed by atoms with Gasteiger partial charge >= 0.3 is 11.9 Å². The first-order valence-corrected chi connectivity index (χ1v) is 6.61. The third-order valence-electron chi connectivity index (χ3n) is 3.15. The summed E-state index contributed by atoms with van der Waals surface area (Å²) in [5.74, 6) is -3.95. The van der Waals surface area contributed by atoms with E-state index in [1.165, 1.54) is 21.1 Å². The van der Waals surface area contributed by atoms with Gasteiger partial charge in [-0.3, -0.25) is 5.41 Å². The van der Waals surface area contributed by atoms with E-state index in [1.807, 2.05) is 0 Å². The molecule has 0 aromatic carbocycles. The Bertz CT molecular complexity index is 466. The second-order valence-corrected chi connectivity index (χ2v) is 5.42. The number of aliphatic hydroxyl groups is 1. The van der Waals surface area contributed by atoms with Crippen molar-refractivity contribution in [1.82, 2.24) is 4.90 Å². The number of nitrogens with two attached hydrogens (primary N) is 1. The topological polar surface area (TPSA) is 166 Å². The van der Waals surface area contributed by atoms with Crippen molar-refractivity contribution in [3.05, 3.63) is 0 Å². The van der Waals surface area contributed by atoms with Crippen LogP contribution in [0.5, 0.6) is 0 Å². The van der Waals surface area contributed by atoms with Crippen LogP contribution in [0.15, 0.2) is 0 Å². The molecule has 0 spiro atoms. The average molecular weight is 334 g/mol. The normalized spacial score (nSPS) is 12.2. The molecule has 0 heterocycles. The van der Waals surface area contributed by atoms with Crippen LogP contribution < -0.4 is 10.8 Å². The molecule has 0 aliphatic heterocycles. The molecule has 0 saturated heterocycles. The molecule has 11 nitrogen and oxygen atoms in total. The predicted octanol–water partition coefficient (Wildman–Crippen LogP) is -3.61. The maximum Gasteiger partial charge on any atom is 0.412 e. The molecule has 0 rings (SSSR count). The van der Waals surface area contributed by atoms with Crippen molar-refractivity contribution < 1.29 is 38.9 Å². The van der Waals surface area contributed by atoms with Crippen LogP contribution >= 0.6 is 0 Å². The van der Waals surface area contributed by atoms with Gasteiger partial charge in [0, 0.05) is 13.0 Å². The minimum absolute atomic E-state index is 0.0774. The molecule has 0 aliphatic rings. The van der Waals surface area contributed by atoms with Crippen molar-refractivity contribution in [2.45, 2.75) is 12.5 Å². The molecule has 1 unspecified atom stereocenters. The molecule has 23 heavy (non-hydrogen) atoms. The van der Waals surface area contributed by atoms with Crippen LogP contribution in [0, 0.1) is 5.41 Å². The first-order chi connectivity index (χ1) is 10.5. The molecule has 4 N–H and O–H groups in total. The number of likely N-dealkylation sites (N-methyl/N-ethyl adjacent to an activating group) is 2. The lowest BCUT2D eigenvalue weighted by Crippen LogP contribution is -2.56. The molecule has 0 aromatic rings. The molecule has 11 heteroatoms. The number of rotatable bonds is 8. The summed E-state index contributed by atoms with van der Waals surface area (Å²) in [4.78, 5) is 43.9. The molecular formula is C12H22N4O7. The summed E-state index contributed by atoms with van der Waals surface area (Å²) < 4.78 is -0.200. The van der Waals surface area contributed by atoms with Gasteiger partial charge < -0.3 is 30.1 Å². The van der Waals surface area contributed by atoms with E-state index in [0.29, 0.717) is 0 Å². The summed E-state index contributed by atoms with van der Waals surface area (Å²) in [6, 6.07) is -1.23. The summed E-state index contributed by atoms with van der Waals surface area (Å²) in [5, 5.41) is 26.8. The Kier molecular flexibility index (Phi) is 7.97. The number of quaternary nitrogens is 1. The highest BCUT2D eigenvalue weighted by molar-refractivity contribution is 5.82. The molecule has 1 atom stereocenters. The molecule has 132 valence electrons. The van der Waals surface area contributed by atoms with E-state index in [-0.39, 0.29) is 23.6 Å². The highest BCUT2D eigenvalue weighted by atomic mass is 17.2. The van der Waals surface area contributed by atoms with Gasteiger partial charge in [0.2, 0.25) is 0 Å². The Balaban J connectivity index is 4.76. The van der Waals surface area contributed by atoms with E-state index >= 15 is 0 Å². The van der Waals surface area contributed by atoms with E-state index in [1.54, 1.807) is 0 Å². The smallest absolute Gasteiger partial charge is 0.412 e. The van der Waals surface area contributed by atoms with Crippen LogP contribution in [-0.4, -0.2) is 85.2 Å². The van der Waals surface area contributed by atoms with Crippen LogP contribution in [0.2, 0.25) is 0 Å². The zero-order chi connectivity index (χ0) is 18.2. The first-order valence-electron chi connectivity index (χ1n) is 6.61. The standard InChI is InChI=1S/C12H22N4O7/c1-15(12(13)14)7-10(20)22-23-11(21)8(6-9(18)19)16(2,3)4-5-17/h8,17H,4-7H2,1-3H3,(H3-,13,14,18,19). The van der Waals surface area contributed by atoms with Crippen molar-refractivity contribution in [2.75, 3.05) is 40.8 Å². The Labute approximate surface area is 133 Å². The van der Waals surface area contributed by atoms with Gasteiger partial charge in [-0.25, -0.2) is 19.4 Å². The van der Waals surface area contributed by atoms with Crippen molar-refractivity contribution in [2.24, 2.45) is 5.73 Å². The number of nitrogens with zero attached hydrogens (tertiary/aromatic N) is 2. The SMILES string of the molecule is CN(CC(=O)OOC(=O)C(CC(=O)[O-])[N+](C)(C)CCO)C(=N)N. The van der Waals surface area contributed by atoms with Crippen molar-refractivity contribution in [3.63, 3.8) is 0 Å². The fraction of sp³-hybridized carbons (Fsp3) is 0.667. The van der Waals surface area contributed by atoms with E-state index in [4.69, 9.17) is 16.2 Å². The van der Waals surface area contributed by atoms with E-state index in [0.717, 1.165) is 4.90 Å². The number of carboxylic acid groups (broad SMARTS) is 1. The van der Waals surface area contributed by atoms with Gasteiger partial charge in [0.1, 0.15) is 13.1 Å². The molecule has 0 aliphatic carbocycles. The van der Waals surface area contributed by atoms with Gasteiger partial charge in [0.05, 0.1) is 27.1 Å². The summed E-state index contributed by atoms with van der Waals surface area (Å²) >= 11 is 0. The van der Waals surface area contributed by atoms with Crippen LogP contribution in [0.25, 0.3) is 0 Å². The van der Waals surface area contributed by atoms with Crippen molar-refractivity contribution in [3.8, 4) is 0 Å². The second kappa shape index (κ2) is 8.90. The Hall–Kier alpha value is -2.40. The van der Waals surface area contributed by atoms with Gasteiger partial charge in [-0.15, -0.1) is 0 Å². The Morgan fingerprint density at radius 2 is 1.91 bits per heavy atom. The highest BCUT2D eigenvalue weighted by Gasteiger charge is 2.37. The highest BCUT2D eigenvalue weighted by Crippen LogP contribution is 2.12. The number of hydrogen-bond acceptors (Lipinski definition) is 8. The summed E-state index contributed by atoms with van der Waals surface area (Å²) in [5.41, 5.74) is 5.13. The molecule has 0 aromatic heterocycles. The number of carbonyl (C=O) groups excluding carboxylic acids is 3. The maximum absolute atomic E-state index is 12.0. The third-order valence-corrected chi connectivity index (χ3v) is 3.15. The lowest BCUT2D eigenvalue weighted by atomic mass is 10.1. The molecule has 0 radical (unpaired) electrons. The van der Waals surface area contributed by atoms with Gasteiger partial charge in [-0.1, -0.05) is 0 Å². The average Bonchev–Trinajstić information content (AvgIpc) is 2.41. The van der Waals surface area contributed by atoms with E-state index < -0.39 is 36.9 Å². The van der Waals surface area contributed by atoms with E-state index in [9.17, 15) is 19.5 Å². The van der Waals surface area contributed by atoms with E-state index in [2.05, 4.69) is 9.78 Å². The molecular weight excluding hydrogens is 312 g/mol. The van der Waals surface area contributed by atoms with Gasteiger partial charge in [-0.05, 0) is 0 Å². The number of aliphatic hydroxyl groups excluding tert-OH is 1. The molecule has 0 saturated carbocycles. The van der Waals surface area contributed by atoms with Crippen molar-refractivity contribution in [1.29, 1.82) is 5.41 Å². The largest absolute Gasteiger partial charge is 0.550 e. The fourth-order valence-electron chi connectivity index (χ4n) is 1.64. The first kappa shape index (κ1) is 20.6. The number of hydrogen-bond donors (Lipinski definition) is 3. The fourth-order valence-corrected chi connectivity index (χ4v) is 1.64. The van der Waals surface area contributed by atoms with Gasteiger partial charge in [0.15, 0.2) is 12.0 Å². The van der Waals surface area contributed by atoms with Crippen LogP contribution in [-0.2, 0) is 24.2 Å². The van der Waals surface area contributed by atoms with Crippen LogP contribution in [0.3, 0.4) is 0 Å². The Morgan fingerprint density at radius 1 is 1.35 bits per heavy atom. The lowest BCUT2D eigenvalue weighted by molar-refractivity contribution is -0.907. The number of guanidine groups is 1. The summed E-state index contributed by atoms with van der Waals surface area (Å²) in [6.07, 6.45) is -0.670. The minimum atomic E-state index is -1.49. The predicted molar refractivity (Wildman–Crippen MR) is 74.2 cm³/mol. The quantitative estimate of drug-likeness (QED) is 0.133. The van der Waals surface area contributed by atoms with Gasteiger partial charge in [-0.2, -0.15) is 0 Å². The third kappa shape index (κ3) is 7.42. The monoisotopic (exact) mass is 334 g/mol. The minimum Gasteiger partial charge on any atom is -0.550 e. The number of aliphatic carboxylic acids is 1. The Morgan fingerprint density at radius 3 is 2.35 bits per heavy atom. The van der Waals surface area contributed by atoms with Crippen molar-refractivity contribution >= 4 is 23.9 Å². The van der Waals surface area contributed by atoms with Gasteiger partial charge in [0.25, 0.3) is 0 Å². The lowest BCUT2D eigenvalue weighted by Gasteiger charge is -2.35. The number of carboxylic acids is 1. The molecule has 0 fully saturated rings.